The van der Waals surface area contributed by atoms with Gasteiger partial charge in [0.1, 0.15) is 11.8 Å². The summed E-state index contributed by atoms with van der Waals surface area (Å²) in [5, 5.41) is 0.482. The van der Waals surface area contributed by atoms with E-state index >= 15 is 0 Å². The molecule has 0 spiro atoms. The van der Waals surface area contributed by atoms with Gasteiger partial charge < -0.3 is 14.5 Å². The maximum absolute atomic E-state index is 13.1. The number of halogens is 1. The number of amides is 2. The molecule has 0 aromatic heterocycles. The van der Waals surface area contributed by atoms with Crippen LogP contribution in [0.25, 0.3) is 0 Å². The summed E-state index contributed by atoms with van der Waals surface area (Å²) in [6, 6.07) is 4.63. The summed E-state index contributed by atoms with van der Waals surface area (Å²) < 4.78 is 5.31. The van der Waals surface area contributed by atoms with Gasteiger partial charge in [-0.15, -0.1) is 0 Å². The first kappa shape index (κ1) is 18.1. The first-order valence-corrected chi connectivity index (χ1v) is 9.32. The van der Waals surface area contributed by atoms with Crippen LogP contribution in [0.15, 0.2) is 18.2 Å². The van der Waals surface area contributed by atoms with Gasteiger partial charge in [-0.05, 0) is 49.8 Å². The zero-order valence-corrected chi connectivity index (χ0v) is 15.6. The van der Waals surface area contributed by atoms with Crippen LogP contribution in [-0.4, -0.2) is 54.4 Å². The number of rotatable bonds is 3. The lowest BCUT2D eigenvalue weighted by molar-refractivity contribution is -0.137. The summed E-state index contributed by atoms with van der Waals surface area (Å²) in [4.78, 5) is 29.7. The predicted molar refractivity (Wildman–Crippen MR) is 97.0 cm³/mol. The van der Waals surface area contributed by atoms with Gasteiger partial charge in [-0.1, -0.05) is 18.5 Å². The van der Waals surface area contributed by atoms with Crippen molar-refractivity contribution in [3.05, 3.63) is 28.8 Å². The van der Waals surface area contributed by atoms with E-state index in [0.29, 0.717) is 28.8 Å². The summed E-state index contributed by atoms with van der Waals surface area (Å²) in [5.41, 5.74) is 0.418. The highest BCUT2D eigenvalue weighted by atomic mass is 35.5. The molecule has 1 aromatic carbocycles. The molecule has 0 bridgehead atoms. The van der Waals surface area contributed by atoms with E-state index in [1.54, 1.807) is 23.1 Å². The lowest BCUT2D eigenvalue weighted by atomic mass is 9.99. The lowest BCUT2D eigenvalue weighted by Crippen LogP contribution is -2.50. The molecule has 0 N–H and O–H groups in total. The third-order valence-electron chi connectivity index (χ3n) is 5.16. The van der Waals surface area contributed by atoms with Crippen molar-refractivity contribution in [3.63, 3.8) is 0 Å². The van der Waals surface area contributed by atoms with Gasteiger partial charge in [0.2, 0.25) is 5.91 Å². The Bertz CT molecular complexity index is 664. The van der Waals surface area contributed by atoms with E-state index in [9.17, 15) is 9.59 Å². The fourth-order valence-electron chi connectivity index (χ4n) is 3.87. The van der Waals surface area contributed by atoms with E-state index in [2.05, 4.69) is 6.92 Å². The molecule has 1 aromatic rings. The van der Waals surface area contributed by atoms with Crippen LogP contribution in [0, 0.1) is 5.92 Å². The van der Waals surface area contributed by atoms with E-state index in [1.165, 1.54) is 7.11 Å². The summed E-state index contributed by atoms with van der Waals surface area (Å²) >= 11 is 6.06. The third kappa shape index (κ3) is 3.76. The van der Waals surface area contributed by atoms with Crippen LogP contribution < -0.4 is 4.74 Å². The van der Waals surface area contributed by atoms with Gasteiger partial charge in [0.25, 0.3) is 5.91 Å². The fraction of sp³-hybridized carbons (Fsp3) is 0.579. The van der Waals surface area contributed by atoms with Crippen LogP contribution in [0.3, 0.4) is 0 Å². The average molecular weight is 365 g/mol. The standard InChI is InChI=1S/C19H25ClN2O3/c1-13-5-3-9-21(12-13)19(24)16-6-4-10-22(16)18(23)15-11-14(20)7-8-17(15)25-2/h7-8,11,13,16H,3-6,9-10,12H2,1-2H3/t13-,16+/m1/s1. The molecule has 0 unspecified atom stereocenters. The highest BCUT2D eigenvalue weighted by Gasteiger charge is 2.38. The van der Waals surface area contributed by atoms with Crippen molar-refractivity contribution in [2.45, 2.75) is 38.6 Å². The third-order valence-corrected chi connectivity index (χ3v) is 5.39. The van der Waals surface area contributed by atoms with Crippen molar-refractivity contribution >= 4 is 23.4 Å². The molecule has 2 heterocycles. The number of carbonyl (C=O) groups is 2. The van der Waals surface area contributed by atoms with E-state index in [4.69, 9.17) is 16.3 Å². The predicted octanol–water partition coefficient (Wildman–Crippen LogP) is 3.21. The molecule has 136 valence electrons. The Morgan fingerprint density at radius 2 is 1.96 bits per heavy atom. The minimum atomic E-state index is -0.374. The van der Waals surface area contributed by atoms with Crippen molar-refractivity contribution in [1.82, 2.24) is 9.80 Å². The van der Waals surface area contributed by atoms with Gasteiger partial charge in [-0.2, -0.15) is 0 Å². The minimum Gasteiger partial charge on any atom is -0.496 e. The van der Waals surface area contributed by atoms with Crippen LogP contribution >= 0.6 is 11.6 Å². The average Bonchev–Trinajstić information content (AvgIpc) is 3.10. The van der Waals surface area contributed by atoms with Crippen molar-refractivity contribution in [2.24, 2.45) is 5.92 Å². The first-order chi connectivity index (χ1) is 12.0. The molecule has 2 saturated heterocycles. The lowest BCUT2D eigenvalue weighted by Gasteiger charge is -2.35. The van der Waals surface area contributed by atoms with Crippen LogP contribution in [0.4, 0.5) is 0 Å². The number of likely N-dealkylation sites (tertiary alicyclic amines) is 2. The van der Waals surface area contributed by atoms with Gasteiger partial charge in [0.05, 0.1) is 12.7 Å². The van der Waals surface area contributed by atoms with Crippen LogP contribution in [0.1, 0.15) is 43.0 Å². The summed E-state index contributed by atoms with van der Waals surface area (Å²) in [5.74, 6) is 0.911. The molecule has 0 saturated carbocycles. The van der Waals surface area contributed by atoms with Gasteiger partial charge in [-0.3, -0.25) is 9.59 Å². The van der Waals surface area contributed by atoms with Gasteiger partial charge in [0, 0.05) is 24.7 Å². The van der Waals surface area contributed by atoms with Crippen molar-refractivity contribution in [3.8, 4) is 5.75 Å². The summed E-state index contributed by atoms with van der Waals surface area (Å²) in [6.07, 6.45) is 3.76. The summed E-state index contributed by atoms with van der Waals surface area (Å²) in [6.45, 7) is 4.35. The van der Waals surface area contributed by atoms with Crippen LogP contribution in [0.2, 0.25) is 5.02 Å². The quantitative estimate of drug-likeness (QED) is 0.827. The Balaban J connectivity index is 1.80. The van der Waals surface area contributed by atoms with Crippen molar-refractivity contribution in [2.75, 3.05) is 26.7 Å². The molecule has 0 radical (unpaired) electrons. The molecule has 5 nitrogen and oxygen atoms in total. The highest BCUT2D eigenvalue weighted by Crippen LogP contribution is 2.29. The Labute approximate surface area is 153 Å². The number of hydrogen-bond donors (Lipinski definition) is 0. The van der Waals surface area contributed by atoms with Crippen molar-refractivity contribution < 1.29 is 14.3 Å². The van der Waals surface area contributed by atoms with E-state index < -0.39 is 0 Å². The van der Waals surface area contributed by atoms with E-state index in [1.807, 2.05) is 4.90 Å². The maximum atomic E-state index is 13.1. The monoisotopic (exact) mass is 364 g/mol. The Morgan fingerprint density at radius 3 is 2.68 bits per heavy atom. The van der Waals surface area contributed by atoms with Gasteiger partial charge in [-0.25, -0.2) is 0 Å². The largest absolute Gasteiger partial charge is 0.496 e. The maximum Gasteiger partial charge on any atom is 0.258 e. The van der Waals surface area contributed by atoms with Gasteiger partial charge in [0.15, 0.2) is 0 Å². The number of hydrogen-bond acceptors (Lipinski definition) is 3. The molecule has 2 amide bonds. The Morgan fingerprint density at radius 1 is 1.20 bits per heavy atom. The van der Waals surface area contributed by atoms with E-state index in [0.717, 1.165) is 38.8 Å². The SMILES string of the molecule is COc1ccc(Cl)cc1C(=O)N1CCC[C@H]1C(=O)N1CCC[C@@H](C)C1. The molecular formula is C19H25ClN2O3. The second kappa shape index (κ2) is 7.65. The summed E-state index contributed by atoms with van der Waals surface area (Å²) in [7, 11) is 1.53. The Hall–Kier alpha value is -1.75. The molecule has 3 rings (SSSR count). The molecule has 6 heteroatoms. The smallest absolute Gasteiger partial charge is 0.258 e. The molecule has 25 heavy (non-hydrogen) atoms. The van der Waals surface area contributed by atoms with Crippen LogP contribution in [-0.2, 0) is 4.79 Å². The van der Waals surface area contributed by atoms with Crippen LogP contribution in [0.5, 0.6) is 5.75 Å². The van der Waals surface area contributed by atoms with E-state index in [-0.39, 0.29) is 17.9 Å². The Kier molecular flexibility index (Phi) is 5.52. The number of benzene rings is 1. The fourth-order valence-corrected chi connectivity index (χ4v) is 4.04. The number of carbonyl (C=O) groups excluding carboxylic acids is 2. The number of nitrogens with zero attached hydrogens (tertiary/aromatic N) is 2. The molecule has 2 aliphatic rings. The zero-order chi connectivity index (χ0) is 18.0. The second-order valence-electron chi connectivity index (χ2n) is 7.03. The number of piperidine rings is 1. The molecular weight excluding hydrogens is 340 g/mol. The highest BCUT2D eigenvalue weighted by molar-refractivity contribution is 6.31. The van der Waals surface area contributed by atoms with Crippen molar-refractivity contribution in [1.29, 1.82) is 0 Å². The zero-order valence-electron chi connectivity index (χ0n) is 14.8. The molecule has 2 aliphatic heterocycles. The first-order valence-electron chi connectivity index (χ1n) is 8.94. The number of methoxy groups -OCH3 is 1. The van der Waals surface area contributed by atoms with Gasteiger partial charge >= 0.3 is 0 Å². The minimum absolute atomic E-state index is 0.0818. The number of ether oxygens (including phenoxy) is 1. The molecule has 2 atom stereocenters. The second-order valence-corrected chi connectivity index (χ2v) is 7.47. The molecule has 0 aliphatic carbocycles. The normalized spacial score (nSPS) is 23.6. The topological polar surface area (TPSA) is 49.9 Å². The molecule has 2 fully saturated rings.